The number of rotatable bonds is 3. The standard InChI is InChI=1S/C12H16O4/c13-6-16-12-4-7-1-8(5-12)3-9(2-7)10(12)11(14)15/h6-10H,1-5H2,(H,14,15). The van der Waals surface area contributed by atoms with E-state index < -0.39 is 17.5 Å². The van der Waals surface area contributed by atoms with Crippen molar-refractivity contribution in [2.24, 2.45) is 23.7 Å². The minimum absolute atomic E-state index is 0.226. The maximum Gasteiger partial charge on any atom is 0.310 e. The third-order valence-electron chi connectivity index (χ3n) is 4.79. The van der Waals surface area contributed by atoms with Gasteiger partial charge in [0.05, 0.1) is 5.92 Å². The molecule has 4 aliphatic carbocycles. The Bertz CT molecular complexity index is 324. The van der Waals surface area contributed by atoms with Gasteiger partial charge in [0.1, 0.15) is 5.60 Å². The van der Waals surface area contributed by atoms with E-state index in [0.717, 1.165) is 25.7 Å². The first-order valence-electron chi connectivity index (χ1n) is 5.99. The number of hydrogen-bond donors (Lipinski definition) is 1. The lowest BCUT2D eigenvalue weighted by atomic mass is 9.49. The molecule has 4 heteroatoms. The fraction of sp³-hybridized carbons (Fsp3) is 0.833. The minimum atomic E-state index is -0.786. The van der Waals surface area contributed by atoms with Gasteiger partial charge in [-0.1, -0.05) is 0 Å². The second-order valence-corrected chi connectivity index (χ2v) is 5.70. The molecule has 0 heterocycles. The van der Waals surface area contributed by atoms with Crippen LogP contribution in [0.4, 0.5) is 0 Å². The Labute approximate surface area is 94.0 Å². The van der Waals surface area contributed by atoms with Gasteiger partial charge in [0.15, 0.2) is 0 Å². The van der Waals surface area contributed by atoms with Crippen molar-refractivity contribution < 1.29 is 19.4 Å². The zero-order valence-electron chi connectivity index (χ0n) is 9.09. The SMILES string of the molecule is O=COC12CC3CC(CC(C3)C1C(=O)O)C2. The molecule has 4 rings (SSSR count). The molecule has 0 saturated heterocycles. The number of ether oxygens (including phenoxy) is 1. The number of carboxylic acid groups (broad SMARTS) is 1. The fourth-order valence-corrected chi connectivity index (χ4v) is 4.66. The van der Waals surface area contributed by atoms with Crippen LogP contribution in [0.1, 0.15) is 32.1 Å². The van der Waals surface area contributed by atoms with Crippen molar-refractivity contribution in [1.82, 2.24) is 0 Å². The van der Waals surface area contributed by atoms with Crippen LogP contribution in [0.2, 0.25) is 0 Å². The molecule has 3 unspecified atom stereocenters. The summed E-state index contributed by atoms with van der Waals surface area (Å²) in [6, 6.07) is 0. The maximum absolute atomic E-state index is 11.4. The van der Waals surface area contributed by atoms with Crippen LogP contribution in [-0.4, -0.2) is 23.1 Å². The molecular weight excluding hydrogens is 208 g/mol. The average Bonchev–Trinajstić information content (AvgIpc) is 2.14. The Kier molecular flexibility index (Phi) is 2.03. The van der Waals surface area contributed by atoms with Gasteiger partial charge >= 0.3 is 5.97 Å². The average molecular weight is 224 g/mol. The van der Waals surface area contributed by atoms with Crippen LogP contribution >= 0.6 is 0 Å². The Morgan fingerprint density at radius 1 is 1.25 bits per heavy atom. The molecule has 0 aromatic rings. The Morgan fingerprint density at radius 2 is 1.88 bits per heavy atom. The molecule has 1 N–H and O–H groups in total. The summed E-state index contributed by atoms with van der Waals surface area (Å²) in [4.78, 5) is 22.0. The maximum atomic E-state index is 11.4. The Hall–Kier alpha value is -1.06. The van der Waals surface area contributed by atoms with Gasteiger partial charge < -0.3 is 9.84 Å². The first-order chi connectivity index (χ1) is 7.64. The van der Waals surface area contributed by atoms with Crippen LogP contribution in [0.5, 0.6) is 0 Å². The van der Waals surface area contributed by atoms with E-state index in [1.807, 2.05) is 0 Å². The van der Waals surface area contributed by atoms with Crippen LogP contribution in [0.3, 0.4) is 0 Å². The summed E-state index contributed by atoms with van der Waals surface area (Å²) in [5.74, 6) is 0.126. The lowest BCUT2D eigenvalue weighted by Gasteiger charge is -2.58. The van der Waals surface area contributed by atoms with Gasteiger partial charge in [0, 0.05) is 0 Å². The predicted octanol–water partition coefficient (Wildman–Crippen LogP) is 1.44. The summed E-state index contributed by atoms with van der Waals surface area (Å²) < 4.78 is 5.25. The number of carbonyl (C=O) groups is 2. The second-order valence-electron chi connectivity index (χ2n) is 5.70. The summed E-state index contributed by atoms with van der Waals surface area (Å²) in [5.41, 5.74) is -0.678. The fourth-order valence-electron chi connectivity index (χ4n) is 4.66. The molecule has 4 aliphatic rings. The van der Waals surface area contributed by atoms with E-state index >= 15 is 0 Å². The van der Waals surface area contributed by atoms with Crippen molar-refractivity contribution in [3.63, 3.8) is 0 Å². The van der Waals surface area contributed by atoms with Gasteiger partial charge in [-0.3, -0.25) is 9.59 Å². The van der Waals surface area contributed by atoms with Crippen LogP contribution in [0, 0.1) is 23.7 Å². The van der Waals surface area contributed by atoms with E-state index in [4.69, 9.17) is 4.74 Å². The molecule has 4 fully saturated rings. The molecule has 4 bridgehead atoms. The smallest absolute Gasteiger partial charge is 0.310 e. The van der Waals surface area contributed by atoms with Crippen molar-refractivity contribution in [2.45, 2.75) is 37.7 Å². The number of carbonyl (C=O) groups excluding carboxylic acids is 1. The van der Waals surface area contributed by atoms with E-state index in [2.05, 4.69) is 0 Å². The van der Waals surface area contributed by atoms with E-state index in [1.165, 1.54) is 6.42 Å². The first-order valence-corrected chi connectivity index (χ1v) is 5.99. The largest absolute Gasteiger partial charge is 0.481 e. The molecular formula is C12H16O4. The number of aliphatic carboxylic acids is 1. The highest BCUT2D eigenvalue weighted by Gasteiger charge is 2.61. The molecule has 0 spiro atoms. The third kappa shape index (κ3) is 1.22. The number of hydrogen-bond acceptors (Lipinski definition) is 3. The molecule has 16 heavy (non-hydrogen) atoms. The summed E-state index contributed by atoms with van der Waals surface area (Å²) in [6.07, 6.45) is 4.74. The summed E-state index contributed by atoms with van der Waals surface area (Å²) in [7, 11) is 0. The highest BCUT2D eigenvalue weighted by molar-refractivity contribution is 5.73. The van der Waals surface area contributed by atoms with Gasteiger partial charge in [0.25, 0.3) is 6.47 Å². The number of carboxylic acids is 1. The van der Waals surface area contributed by atoms with Crippen molar-refractivity contribution in [1.29, 1.82) is 0 Å². The monoisotopic (exact) mass is 224 g/mol. The topological polar surface area (TPSA) is 63.6 Å². The van der Waals surface area contributed by atoms with Crippen LogP contribution in [-0.2, 0) is 14.3 Å². The Morgan fingerprint density at radius 3 is 2.38 bits per heavy atom. The molecule has 4 nitrogen and oxygen atoms in total. The molecule has 3 atom stereocenters. The van der Waals surface area contributed by atoms with E-state index in [9.17, 15) is 14.7 Å². The highest BCUT2D eigenvalue weighted by atomic mass is 16.5. The quantitative estimate of drug-likeness (QED) is 0.737. The molecule has 0 amide bonds. The molecule has 0 aliphatic heterocycles. The van der Waals surface area contributed by atoms with Gasteiger partial charge in [-0.25, -0.2) is 0 Å². The van der Waals surface area contributed by atoms with Crippen molar-refractivity contribution >= 4 is 12.4 Å². The lowest BCUT2D eigenvalue weighted by molar-refractivity contribution is -0.206. The van der Waals surface area contributed by atoms with Gasteiger partial charge in [-0.15, -0.1) is 0 Å². The zero-order valence-corrected chi connectivity index (χ0v) is 9.09. The van der Waals surface area contributed by atoms with E-state index in [-0.39, 0.29) is 5.92 Å². The summed E-state index contributed by atoms with van der Waals surface area (Å²) in [6.45, 7) is 0.447. The molecule has 0 aromatic heterocycles. The first kappa shape index (κ1) is 10.1. The predicted molar refractivity (Wildman–Crippen MR) is 54.6 cm³/mol. The normalized spacial score (nSPS) is 49.0. The molecule has 4 saturated carbocycles. The minimum Gasteiger partial charge on any atom is -0.481 e. The van der Waals surface area contributed by atoms with E-state index in [1.54, 1.807) is 0 Å². The molecule has 88 valence electrons. The molecule has 0 radical (unpaired) electrons. The van der Waals surface area contributed by atoms with Crippen molar-refractivity contribution in [2.75, 3.05) is 0 Å². The van der Waals surface area contributed by atoms with Gasteiger partial charge in [0.2, 0.25) is 0 Å². The van der Waals surface area contributed by atoms with Crippen LogP contribution in [0.25, 0.3) is 0 Å². The summed E-state index contributed by atoms with van der Waals surface area (Å²) >= 11 is 0. The highest BCUT2D eigenvalue weighted by Crippen LogP contribution is 2.59. The molecule has 0 aromatic carbocycles. The Balaban J connectivity index is 1.98. The lowest BCUT2D eigenvalue weighted by Crippen LogP contribution is -2.60. The van der Waals surface area contributed by atoms with Gasteiger partial charge in [-0.05, 0) is 49.9 Å². The summed E-state index contributed by atoms with van der Waals surface area (Å²) in [5, 5.41) is 9.34. The van der Waals surface area contributed by atoms with E-state index in [0.29, 0.717) is 18.3 Å². The zero-order chi connectivity index (χ0) is 11.3. The second kappa shape index (κ2) is 3.22. The van der Waals surface area contributed by atoms with Crippen molar-refractivity contribution in [3.05, 3.63) is 0 Å². The van der Waals surface area contributed by atoms with Gasteiger partial charge in [-0.2, -0.15) is 0 Å². The van der Waals surface area contributed by atoms with Crippen LogP contribution in [0.15, 0.2) is 0 Å². The van der Waals surface area contributed by atoms with Crippen molar-refractivity contribution in [3.8, 4) is 0 Å². The van der Waals surface area contributed by atoms with Crippen LogP contribution < -0.4 is 0 Å². The third-order valence-corrected chi connectivity index (χ3v) is 4.79.